The van der Waals surface area contributed by atoms with Gasteiger partial charge in [-0.15, -0.1) is 0 Å². The van der Waals surface area contributed by atoms with Crippen LogP contribution in [0.5, 0.6) is 0 Å². The minimum absolute atomic E-state index is 0.0293. The topological polar surface area (TPSA) is 110 Å². The van der Waals surface area contributed by atoms with Gasteiger partial charge >= 0.3 is 0 Å². The minimum Gasteiger partial charge on any atom is -0.396 e. The average Bonchev–Trinajstić information content (AvgIpc) is 2.43. The number of hydrogen-bond donors (Lipinski definition) is 2. The molecule has 0 radical (unpaired) electrons. The van der Waals surface area contributed by atoms with Crippen LogP contribution in [-0.4, -0.2) is 31.6 Å². The van der Waals surface area contributed by atoms with E-state index in [9.17, 15) is 22.9 Å². The van der Waals surface area contributed by atoms with Crippen LogP contribution >= 0.6 is 0 Å². The summed E-state index contributed by atoms with van der Waals surface area (Å²) in [5, 5.41) is 19.5. The molecule has 1 rings (SSSR count). The van der Waals surface area contributed by atoms with Crippen molar-refractivity contribution in [3.8, 4) is 0 Å². The molecule has 0 bridgehead atoms. The van der Waals surface area contributed by atoms with Crippen molar-refractivity contribution in [3.63, 3.8) is 0 Å². The number of halogens is 1. The van der Waals surface area contributed by atoms with Crippen molar-refractivity contribution < 1.29 is 22.8 Å². The predicted molar refractivity (Wildman–Crippen MR) is 73.7 cm³/mol. The van der Waals surface area contributed by atoms with Crippen molar-refractivity contribution >= 4 is 15.7 Å². The minimum atomic E-state index is -4.18. The largest absolute Gasteiger partial charge is 0.396 e. The van der Waals surface area contributed by atoms with E-state index >= 15 is 0 Å². The predicted octanol–water partition coefficient (Wildman–Crippen LogP) is 1.42. The Morgan fingerprint density at radius 3 is 2.67 bits per heavy atom. The Kier molecular flexibility index (Phi) is 6.19. The number of nitrogens with zero attached hydrogens (tertiary/aromatic N) is 1. The number of nitro benzene ring substituents is 1. The molecular formula is C12H17FN2O5S. The van der Waals surface area contributed by atoms with E-state index in [0.29, 0.717) is 18.9 Å². The lowest BCUT2D eigenvalue weighted by Gasteiger charge is -2.14. The van der Waals surface area contributed by atoms with Crippen molar-refractivity contribution in [2.24, 2.45) is 5.92 Å². The number of nitrogens with one attached hydrogen (secondary N) is 1. The molecule has 0 aliphatic heterocycles. The van der Waals surface area contributed by atoms with Crippen LogP contribution in [0, 0.1) is 21.8 Å². The van der Waals surface area contributed by atoms with E-state index in [1.807, 2.05) is 6.92 Å². The van der Waals surface area contributed by atoms with Crippen LogP contribution in [0.2, 0.25) is 0 Å². The molecule has 118 valence electrons. The van der Waals surface area contributed by atoms with Crippen molar-refractivity contribution in [1.29, 1.82) is 0 Å². The van der Waals surface area contributed by atoms with Gasteiger partial charge < -0.3 is 5.11 Å². The molecular weight excluding hydrogens is 303 g/mol. The zero-order chi connectivity index (χ0) is 16.0. The van der Waals surface area contributed by atoms with Crippen LogP contribution in [0.15, 0.2) is 23.1 Å². The van der Waals surface area contributed by atoms with E-state index in [-0.39, 0.29) is 19.1 Å². The van der Waals surface area contributed by atoms with Crippen molar-refractivity contribution in [3.05, 3.63) is 34.1 Å². The second-order valence-electron chi connectivity index (χ2n) is 4.51. The maximum atomic E-state index is 13.6. The summed E-state index contributed by atoms with van der Waals surface area (Å²) in [5.74, 6) is -1.14. The summed E-state index contributed by atoms with van der Waals surface area (Å²) in [6.45, 7) is 1.79. The summed E-state index contributed by atoms with van der Waals surface area (Å²) >= 11 is 0. The first-order chi connectivity index (χ1) is 9.81. The van der Waals surface area contributed by atoms with E-state index < -0.39 is 31.3 Å². The van der Waals surface area contributed by atoms with Gasteiger partial charge in [0, 0.05) is 25.3 Å². The van der Waals surface area contributed by atoms with Crippen LogP contribution in [0.3, 0.4) is 0 Å². The first-order valence-electron chi connectivity index (χ1n) is 6.36. The Morgan fingerprint density at radius 1 is 1.48 bits per heavy atom. The highest BCUT2D eigenvalue weighted by atomic mass is 32.2. The van der Waals surface area contributed by atoms with Gasteiger partial charge in [0.2, 0.25) is 10.0 Å². The Hall–Kier alpha value is -1.58. The highest BCUT2D eigenvalue weighted by molar-refractivity contribution is 7.89. The fourth-order valence-electron chi connectivity index (χ4n) is 1.75. The van der Waals surface area contributed by atoms with Crippen molar-refractivity contribution in [2.45, 2.75) is 24.7 Å². The van der Waals surface area contributed by atoms with Crippen molar-refractivity contribution in [2.75, 3.05) is 13.2 Å². The first kappa shape index (κ1) is 17.5. The molecule has 0 spiro atoms. The maximum Gasteiger partial charge on any atom is 0.270 e. The third kappa shape index (κ3) is 4.73. The molecule has 0 saturated heterocycles. The summed E-state index contributed by atoms with van der Waals surface area (Å²) in [6.07, 6.45) is 1.05. The summed E-state index contributed by atoms with van der Waals surface area (Å²) in [6, 6.07) is 2.33. The van der Waals surface area contributed by atoms with Crippen LogP contribution in [0.1, 0.15) is 19.8 Å². The molecule has 0 aliphatic carbocycles. The number of benzene rings is 1. The van der Waals surface area contributed by atoms with Crippen LogP contribution in [0.4, 0.5) is 10.1 Å². The van der Waals surface area contributed by atoms with E-state index in [1.165, 1.54) is 0 Å². The number of sulfonamides is 1. The van der Waals surface area contributed by atoms with Gasteiger partial charge in [0.05, 0.1) is 4.92 Å². The SMILES string of the molecule is CCC(CCO)CNS(=O)(=O)c1cc([N+](=O)[O-])ccc1F. The summed E-state index contributed by atoms with van der Waals surface area (Å²) in [7, 11) is -4.18. The molecule has 0 fully saturated rings. The van der Waals surface area contributed by atoms with Gasteiger partial charge in [-0.3, -0.25) is 10.1 Å². The van der Waals surface area contributed by atoms with Gasteiger partial charge in [-0.2, -0.15) is 0 Å². The van der Waals surface area contributed by atoms with Crippen LogP contribution in [0.25, 0.3) is 0 Å². The Labute approximate surface area is 122 Å². The lowest BCUT2D eigenvalue weighted by Crippen LogP contribution is -2.30. The first-order valence-corrected chi connectivity index (χ1v) is 7.84. The number of rotatable bonds is 8. The Balaban J connectivity index is 2.97. The number of non-ortho nitro benzene ring substituents is 1. The number of hydrogen-bond acceptors (Lipinski definition) is 5. The number of nitro groups is 1. The molecule has 0 aromatic heterocycles. The van der Waals surface area contributed by atoms with Crippen LogP contribution < -0.4 is 4.72 Å². The highest BCUT2D eigenvalue weighted by Gasteiger charge is 2.23. The summed E-state index contributed by atoms with van der Waals surface area (Å²) < 4.78 is 39.9. The standard InChI is InChI=1S/C12H17FN2O5S/c1-2-9(5-6-16)8-14-21(19,20)12-7-10(15(17)18)3-4-11(12)13/h3-4,7,9,14,16H,2,5-6,8H2,1H3. The molecule has 7 nitrogen and oxygen atoms in total. The molecule has 0 amide bonds. The third-order valence-corrected chi connectivity index (χ3v) is 4.53. The van der Waals surface area contributed by atoms with E-state index in [1.54, 1.807) is 0 Å². The molecule has 0 saturated carbocycles. The Morgan fingerprint density at radius 2 is 2.14 bits per heavy atom. The van der Waals surface area contributed by atoms with Crippen LogP contribution in [-0.2, 0) is 10.0 Å². The van der Waals surface area contributed by atoms with Gasteiger partial charge in [-0.05, 0) is 18.4 Å². The van der Waals surface area contributed by atoms with Crippen molar-refractivity contribution in [1.82, 2.24) is 4.72 Å². The zero-order valence-electron chi connectivity index (χ0n) is 11.5. The lowest BCUT2D eigenvalue weighted by molar-refractivity contribution is -0.385. The molecule has 1 unspecified atom stereocenters. The molecule has 1 aromatic rings. The molecule has 1 atom stereocenters. The maximum absolute atomic E-state index is 13.6. The van der Waals surface area contributed by atoms with Gasteiger partial charge in [-0.25, -0.2) is 17.5 Å². The number of aliphatic hydroxyl groups is 1. The van der Waals surface area contributed by atoms with Gasteiger partial charge in [0.1, 0.15) is 10.7 Å². The normalized spacial score (nSPS) is 13.1. The molecule has 1 aromatic carbocycles. The molecule has 9 heteroatoms. The fraction of sp³-hybridized carbons (Fsp3) is 0.500. The molecule has 0 aliphatic rings. The van der Waals surface area contributed by atoms with E-state index in [0.717, 1.165) is 12.1 Å². The van der Waals surface area contributed by atoms with Gasteiger partial charge in [0.15, 0.2) is 0 Å². The highest BCUT2D eigenvalue weighted by Crippen LogP contribution is 2.21. The second-order valence-corrected chi connectivity index (χ2v) is 6.25. The van der Waals surface area contributed by atoms with E-state index in [4.69, 9.17) is 5.11 Å². The summed E-state index contributed by atoms with van der Waals surface area (Å²) in [4.78, 5) is 9.08. The molecule has 21 heavy (non-hydrogen) atoms. The van der Waals surface area contributed by atoms with Gasteiger partial charge in [-0.1, -0.05) is 13.3 Å². The second kappa shape index (κ2) is 7.43. The quantitative estimate of drug-likeness (QED) is 0.556. The smallest absolute Gasteiger partial charge is 0.270 e. The van der Waals surface area contributed by atoms with E-state index in [2.05, 4.69) is 4.72 Å². The Bertz CT molecular complexity index is 606. The van der Waals surface area contributed by atoms with Gasteiger partial charge in [0.25, 0.3) is 5.69 Å². The summed E-state index contributed by atoms with van der Waals surface area (Å²) in [5.41, 5.74) is -0.501. The fourth-order valence-corrected chi connectivity index (χ4v) is 2.96. The zero-order valence-corrected chi connectivity index (χ0v) is 12.3. The molecule has 2 N–H and O–H groups in total. The number of aliphatic hydroxyl groups excluding tert-OH is 1. The lowest BCUT2D eigenvalue weighted by atomic mass is 10.0. The average molecular weight is 320 g/mol. The molecule has 0 heterocycles. The third-order valence-electron chi connectivity index (χ3n) is 3.09. The monoisotopic (exact) mass is 320 g/mol.